The smallest absolute Gasteiger partial charge is 0.240 e. The first-order valence-corrected chi connectivity index (χ1v) is 8.44. The largest absolute Gasteiger partial charge is 0.352 e. The molecule has 0 aliphatic heterocycles. The normalized spacial score (nSPS) is 24.6. The third kappa shape index (κ3) is 3.34. The lowest BCUT2D eigenvalue weighted by molar-refractivity contribution is -0.130. The van der Waals surface area contributed by atoms with E-state index in [2.05, 4.69) is 18.3 Å². The lowest BCUT2D eigenvalue weighted by atomic mass is 9.74. The SMILES string of the molecule is CCC(NC(=O)C1(C#N)CCCCC1)C1CCCCC1. The van der Waals surface area contributed by atoms with Gasteiger partial charge in [-0.1, -0.05) is 45.4 Å². The molecule has 3 nitrogen and oxygen atoms in total. The Morgan fingerprint density at radius 2 is 1.80 bits per heavy atom. The Labute approximate surface area is 123 Å². The van der Waals surface area contributed by atoms with Gasteiger partial charge in [0.2, 0.25) is 5.91 Å². The van der Waals surface area contributed by atoms with Gasteiger partial charge < -0.3 is 5.32 Å². The minimum Gasteiger partial charge on any atom is -0.352 e. The van der Waals surface area contributed by atoms with Crippen LogP contribution in [-0.4, -0.2) is 11.9 Å². The number of hydrogen-bond acceptors (Lipinski definition) is 2. The molecule has 0 radical (unpaired) electrons. The zero-order valence-electron chi connectivity index (χ0n) is 12.8. The summed E-state index contributed by atoms with van der Waals surface area (Å²) in [6, 6.07) is 2.61. The van der Waals surface area contributed by atoms with Crippen molar-refractivity contribution in [2.75, 3.05) is 0 Å². The molecular formula is C17H28N2O. The zero-order valence-corrected chi connectivity index (χ0v) is 12.8. The van der Waals surface area contributed by atoms with Crippen LogP contribution in [0.1, 0.15) is 77.6 Å². The van der Waals surface area contributed by atoms with E-state index in [0.717, 1.165) is 38.5 Å². The van der Waals surface area contributed by atoms with Crippen LogP contribution in [0, 0.1) is 22.7 Å². The van der Waals surface area contributed by atoms with Gasteiger partial charge in [0.25, 0.3) is 0 Å². The molecular weight excluding hydrogens is 248 g/mol. The Bertz CT molecular complexity index is 360. The minimum absolute atomic E-state index is 0.0112. The molecule has 0 aromatic carbocycles. The van der Waals surface area contributed by atoms with Crippen molar-refractivity contribution in [3.63, 3.8) is 0 Å². The molecule has 0 aromatic rings. The molecule has 0 saturated heterocycles. The van der Waals surface area contributed by atoms with Crippen LogP contribution >= 0.6 is 0 Å². The molecule has 2 rings (SSSR count). The van der Waals surface area contributed by atoms with E-state index >= 15 is 0 Å². The quantitative estimate of drug-likeness (QED) is 0.845. The molecule has 1 N–H and O–H groups in total. The Morgan fingerprint density at radius 1 is 1.20 bits per heavy atom. The van der Waals surface area contributed by atoms with Gasteiger partial charge in [0.15, 0.2) is 0 Å². The average molecular weight is 276 g/mol. The summed E-state index contributed by atoms with van der Waals surface area (Å²) in [7, 11) is 0. The van der Waals surface area contributed by atoms with E-state index in [1.54, 1.807) is 0 Å². The number of nitriles is 1. The zero-order chi connectivity index (χ0) is 14.4. The van der Waals surface area contributed by atoms with Crippen molar-refractivity contribution in [3.05, 3.63) is 0 Å². The second kappa shape index (κ2) is 7.11. The van der Waals surface area contributed by atoms with E-state index < -0.39 is 5.41 Å². The average Bonchev–Trinajstić information content (AvgIpc) is 2.53. The molecule has 1 atom stereocenters. The number of rotatable bonds is 4. The molecule has 2 saturated carbocycles. The summed E-state index contributed by atoms with van der Waals surface area (Å²) in [5, 5.41) is 12.7. The summed E-state index contributed by atoms with van der Waals surface area (Å²) in [6.07, 6.45) is 12.1. The van der Waals surface area contributed by atoms with E-state index in [9.17, 15) is 10.1 Å². The predicted octanol–water partition coefficient (Wildman–Crippen LogP) is 3.94. The Kier molecular flexibility index (Phi) is 5.46. The molecule has 1 unspecified atom stereocenters. The number of hydrogen-bond donors (Lipinski definition) is 1. The van der Waals surface area contributed by atoms with Crippen LogP contribution in [0.3, 0.4) is 0 Å². The first-order chi connectivity index (χ1) is 9.72. The van der Waals surface area contributed by atoms with E-state index in [-0.39, 0.29) is 11.9 Å². The molecule has 0 spiro atoms. The van der Waals surface area contributed by atoms with Gasteiger partial charge in [0, 0.05) is 6.04 Å². The van der Waals surface area contributed by atoms with Gasteiger partial charge in [-0.15, -0.1) is 0 Å². The second-order valence-corrected chi connectivity index (χ2v) is 6.64. The van der Waals surface area contributed by atoms with Gasteiger partial charge in [-0.25, -0.2) is 0 Å². The van der Waals surface area contributed by atoms with E-state index in [1.165, 1.54) is 32.1 Å². The Hall–Kier alpha value is -1.04. The molecule has 20 heavy (non-hydrogen) atoms. The van der Waals surface area contributed by atoms with Crippen molar-refractivity contribution in [3.8, 4) is 6.07 Å². The van der Waals surface area contributed by atoms with Crippen molar-refractivity contribution in [2.24, 2.45) is 11.3 Å². The molecule has 2 aliphatic carbocycles. The van der Waals surface area contributed by atoms with Gasteiger partial charge in [-0.05, 0) is 38.0 Å². The van der Waals surface area contributed by atoms with Crippen LogP contribution in [0.4, 0.5) is 0 Å². The van der Waals surface area contributed by atoms with Gasteiger partial charge in [-0.3, -0.25) is 4.79 Å². The summed E-state index contributed by atoms with van der Waals surface area (Å²) in [5.74, 6) is 0.633. The summed E-state index contributed by atoms with van der Waals surface area (Å²) in [6.45, 7) is 2.15. The van der Waals surface area contributed by atoms with Crippen LogP contribution < -0.4 is 5.32 Å². The van der Waals surface area contributed by atoms with E-state index in [0.29, 0.717) is 5.92 Å². The third-order valence-corrected chi connectivity index (χ3v) is 5.33. The highest BCUT2D eigenvalue weighted by molar-refractivity contribution is 5.85. The van der Waals surface area contributed by atoms with Crippen LogP contribution in [0.5, 0.6) is 0 Å². The van der Waals surface area contributed by atoms with Crippen LogP contribution in [-0.2, 0) is 4.79 Å². The molecule has 1 amide bonds. The van der Waals surface area contributed by atoms with Crippen molar-refractivity contribution in [2.45, 2.75) is 83.6 Å². The van der Waals surface area contributed by atoms with Gasteiger partial charge >= 0.3 is 0 Å². The van der Waals surface area contributed by atoms with Crippen molar-refractivity contribution >= 4 is 5.91 Å². The maximum atomic E-state index is 12.6. The standard InChI is InChI=1S/C17H28N2O/c1-2-15(14-9-5-3-6-10-14)19-16(20)17(13-18)11-7-4-8-12-17/h14-15H,2-12H2,1H3,(H,19,20). The van der Waals surface area contributed by atoms with E-state index in [1.807, 2.05) is 0 Å². The van der Waals surface area contributed by atoms with Crippen LogP contribution in [0.15, 0.2) is 0 Å². The lowest BCUT2D eigenvalue weighted by Gasteiger charge is -2.35. The molecule has 0 aromatic heterocycles. The molecule has 2 fully saturated rings. The number of carbonyl (C=O) groups excluding carboxylic acids is 1. The monoisotopic (exact) mass is 276 g/mol. The summed E-state index contributed by atoms with van der Waals surface area (Å²) in [4.78, 5) is 12.6. The fourth-order valence-corrected chi connectivity index (χ4v) is 3.94. The Morgan fingerprint density at radius 3 is 2.35 bits per heavy atom. The van der Waals surface area contributed by atoms with E-state index in [4.69, 9.17) is 0 Å². The Balaban J connectivity index is 1.98. The van der Waals surface area contributed by atoms with Crippen molar-refractivity contribution in [1.29, 1.82) is 5.26 Å². The highest BCUT2D eigenvalue weighted by Crippen LogP contribution is 2.36. The molecule has 2 aliphatic rings. The first-order valence-electron chi connectivity index (χ1n) is 8.44. The number of nitrogens with zero attached hydrogens (tertiary/aromatic N) is 1. The number of carbonyl (C=O) groups is 1. The molecule has 112 valence electrons. The summed E-state index contributed by atoms with van der Waals surface area (Å²) in [5.41, 5.74) is -0.736. The summed E-state index contributed by atoms with van der Waals surface area (Å²) >= 11 is 0. The number of amides is 1. The highest BCUT2D eigenvalue weighted by Gasteiger charge is 2.41. The van der Waals surface area contributed by atoms with Gasteiger partial charge in [0.1, 0.15) is 5.41 Å². The molecule has 3 heteroatoms. The third-order valence-electron chi connectivity index (χ3n) is 5.33. The number of nitrogens with one attached hydrogen (secondary N) is 1. The van der Waals surface area contributed by atoms with Gasteiger partial charge in [-0.2, -0.15) is 5.26 Å². The highest BCUT2D eigenvalue weighted by atomic mass is 16.2. The van der Waals surface area contributed by atoms with Crippen LogP contribution in [0.2, 0.25) is 0 Å². The predicted molar refractivity (Wildman–Crippen MR) is 79.9 cm³/mol. The van der Waals surface area contributed by atoms with Crippen molar-refractivity contribution < 1.29 is 4.79 Å². The minimum atomic E-state index is -0.736. The summed E-state index contributed by atoms with van der Waals surface area (Å²) < 4.78 is 0. The lowest BCUT2D eigenvalue weighted by Crippen LogP contribution is -2.48. The fourth-order valence-electron chi connectivity index (χ4n) is 3.94. The molecule has 0 heterocycles. The molecule has 0 bridgehead atoms. The fraction of sp³-hybridized carbons (Fsp3) is 0.882. The first kappa shape index (κ1) is 15.4. The van der Waals surface area contributed by atoms with Crippen LogP contribution in [0.25, 0.3) is 0 Å². The second-order valence-electron chi connectivity index (χ2n) is 6.64. The maximum absolute atomic E-state index is 12.6. The van der Waals surface area contributed by atoms with Crippen molar-refractivity contribution in [1.82, 2.24) is 5.32 Å². The van der Waals surface area contributed by atoms with Gasteiger partial charge in [0.05, 0.1) is 6.07 Å². The topological polar surface area (TPSA) is 52.9 Å². The maximum Gasteiger partial charge on any atom is 0.240 e.